The van der Waals surface area contributed by atoms with Crippen molar-refractivity contribution in [1.82, 2.24) is 0 Å². The maximum atomic E-state index is 12.8. The molecule has 0 saturated heterocycles. The molecule has 0 saturated carbocycles. The van der Waals surface area contributed by atoms with Crippen molar-refractivity contribution >= 4 is 5.78 Å². The lowest BCUT2D eigenvalue weighted by atomic mass is 10.0. The minimum atomic E-state index is -0.378. The molecule has 0 fully saturated rings. The highest BCUT2D eigenvalue weighted by atomic mass is 19.1. The molecule has 0 spiro atoms. The average Bonchev–Trinajstić information content (AvgIpc) is 2.18. The highest BCUT2D eigenvalue weighted by Gasteiger charge is 2.09. The molecule has 76 valence electrons. The van der Waals surface area contributed by atoms with Crippen LogP contribution in [0.2, 0.25) is 0 Å². The Hall–Kier alpha value is -1.22. The van der Waals surface area contributed by atoms with E-state index in [1.165, 1.54) is 19.2 Å². The Balaban J connectivity index is 2.83. The lowest BCUT2D eigenvalue weighted by Crippen LogP contribution is -2.05. The Bertz CT molecular complexity index is 334. The molecule has 0 N–H and O–H groups in total. The van der Waals surface area contributed by atoms with Gasteiger partial charge in [-0.2, -0.15) is 0 Å². The third kappa shape index (κ3) is 2.64. The van der Waals surface area contributed by atoms with Crippen LogP contribution in [-0.2, 0) is 4.74 Å². The molecule has 14 heavy (non-hydrogen) atoms. The quantitative estimate of drug-likeness (QED) is 0.691. The topological polar surface area (TPSA) is 26.3 Å². The number of carbonyl (C=O) groups excluding carboxylic acids is 1. The smallest absolute Gasteiger partial charge is 0.165 e. The van der Waals surface area contributed by atoms with Gasteiger partial charge in [0.2, 0.25) is 0 Å². The van der Waals surface area contributed by atoms with E-state index in [1.807, 2.05) is 0 Å². The van der Waals surface area contributed by atoms with Crippen molar-refractivity contribution in [3.8, 4) is 0 Å². The predicted molar refractivity (Wildman–Crippen MR) is 52.0 cm³/mol. The zero-order chi connectivity index (χ0) is 10.6. The van der Waals surface area contributed by atoms with Gasteiger partial charge in [0.05, 0.1) is 6.61 Å². The summed E-state index contributed by atoms with van der Waals surface area (Å²) in [5.74, 6) is -0.458. The fourth-order valence-corrected chi connectivity index (χ4v) is 1.22. The van der Waals surface area contributed by atoms with Gasteiger partial charge in [-0.3, -0.25) is 4.79 Å². The molecule has 0 heterocycles. The van der Waals surface area contributed by atoms with Gasteiger partial charge in [-0.15, -0.1) is 0 Å². The predicted octanol–water partition coefficient (Wildman–Crippen LogP) is 2.35. The van der Waals surface area contributed by atoms with E-state index in [4.69, 9.17) is 4.74 Å². The van der Waals surface area contributed by atoms with Crippen LogP contribution >= 0.6 is 0 Å². The summed E-state index contributed by atoms with van der Waals surface area (Å²) >= 11 is 0. The fourth-order valence-electron chi connectivity index (χ4n) is 1.22. The molecule has 1 aromatic carbocycles. The van der Waals surface area contributed by atoms with Gasteiger partial charge in [0.15, 0.2) is 5.78 Å². The first kappa shape index (κ1) is 10.9. The highest BCUT2D eigenvalue weighted by Crippen LogP contribution is 2.12. The molecular weight excluding hydrogens is 183 g/mol. The average molecular weight is 196 g/mol. The number of aryl methyl sites for hydroxylation is 1. The van der Waals surface area contributed by atoms with Gasteiger partial charge in [0.25, 0.3) is 0 Å². The van der Waals surface area contributed by atoms with Crippen LogP contribution in [0.15, 0.2) is 18.2 Å². The van der Waals surface area contributed by atoms with E-state index in [9.17, 15) is 9.18 Å². The maximum absolute atomic E-state index is 12.8. The lowest BCUT2D eigenvalue weighted by Gasteiger charge is -2.04. The van der Waals surface area contributed by atoms with E-state index in [-0.39, 0.29) is 11.6 Å². The molecule has 0 unspecified atom stereocenters. The molecule has 0 aliphatic heterocycles. The van der Waals surface area contributed by atoms with Gasteiger partial charge in [0, 0.05) is 19.1 Å². The molecule has 3 heteroatoms. The van der Waals surface area contributed by atoms with E-state index in [2.05, 4.69) is 0 Å². The molecule has 0 bridgehead atoms. The number of ketones is 1. The van der Waals surface area contributed by atoms with Crippen molar-refractivity contribution < 1.29 is 13.9 Å². The van der Waals surface area contributed by atoms with Crippen molar-refractivity contribution in [2.75, 3.05) is 13.7 Å². The summed E-state index contributed by atoms with van der Waals surface area (Å²) in [4.78, 5) is 11.5. The Morgan fingerprint density at radius 3 is 2.86 bits per heavy atom. The molecule has 1 rings (SSSR count). The summed E-state index contributed by atoms with van der Waals surface area (Å²) < 4.78 is 17.6. The standard InChI is InChI=1S/C11H13FO2/c1-8-3-4-9(12)7-10(8)11(13)5-6-14-2/h3-4,7H,5-6H2,1-2H3. The molecule has 0 radical (unpaired) electrons. The molecule has 0 atom stereocenters. The number of halogens is 1. The van der Waals surface area contributed by atoms with Crippen molar-refractivity contribution in [1.29, 1.82) is 0 Å². The molecule has 2 nitrogen and oxygen atoms in total. The summed E-state index contributed by atoms with van der Waals surface area (Å²) in [5, 5.41) is 0. The summed E-state index contributed by atoms with van der Waals surface area (Å²) in [6.45, 7) is 2.16. The summed E-state index contributed by atoms with van der Waals surface area (Å²) in [6.07, 6.45) is 0.292. The summed E-state index contributed by atoms with van der Waals surface area (Å²) in [6, 6.07) is 4.23. The van der Waals surface area contributed by atoms with Gasteiger partial charge in [-0.05, 0) is 24.6 Å². The number of hydrogen-bond acceptors (Lipinski definition) is 2. The largest absolute Gasteiger partial charge is 0.384 e. The van der Waals surface area contributed by atoms with Crippen LogP contribution in [-0.4, -0.2) is 19.5 Å². The molecule has 1 aromatic rings. The minimum absolute atomic E-state index is 0.0798. The number of carbonyl (C=O) groups is 1. The zero-order valence-electron chi connectivity index (χ0n) is 8.34. The number of hydrogen-bond donors (Lipinski definition) is 0. The first-order valence-electron chi connectivity index (χ1n) is 4.43. The number of rotatable bonds is 4. The van der Waals surface area contributed by atoms with Gasteiger partial charge in [-0.1, -0.05) is 6.07 Å². The Kier molecular flexibility index (Phi) is 3.77. The van der Waals surface area contributed by atoms with E-state index in [0.717, 1.165) is 5.56 Å². The summed E-state index contributed by atoms with van der Waals surface area (Å²) in [5.41, 5.74) is 1.24. The van der Waals surface area contributed by atoms with E-state index < -0.39 is 0 Å². The van der Waals surface area contributed by atoms with E-state index in [0.29, 0.717) is 18.6 Å². The SMILES string of the molecule is COCCC(=O)c1cc(F)ccc1C. The van der Waals surface area contributed by atoms with Crippen LogP contribution < -0.4 is 0 Å². The second kappa shape index (κ2) is 4.86. The zero-order valence-corrected chi connectivity index (χ0v) is 8.34. The van der Waals surface area contributed by atoms with Gasteiger partial charge in [0.1, 0.15) is 5.82 Å². The third-order valence-electron chi connectivity index (χ3n) is 2.03. The molecule has 0 aromatic heterocycles. The normalized spacial score (nSPS) is 10.2. The number of benzene rings is 1. The second-order valence-corrected chi connectivity index (χ2v) is 3.13. The monoisotopic (exact) mass is 196 g/mol. The molecule has 0 amide bonds. The fraction of sp³-hybridized carbons (Fsp3) is 0.364. The number of ether oxygens (including phenoxy) is 1. The highest BCUT2D eigenvalue weighted by molar-refractivity contribution is 5.97. The Labute approximate surface area is 82.7 Å². The molecule has 0 aliphatic carbocycles. The first-order chi connectivity index (χ1) is 6.65. The molecular formula is C11H13FO2. The van der Waals surface area contributed by atoms with Crippen molar-refractivity contribution in [3.05, 3.63) is 35.1 Å². The van der Waals surface area contributed by atoms with Crippen molar-refractivity contribution in [2.24, 2.45) is 0 Å². The number of Topliss-reactive ketones (excluding diaryl/α,β-unsaturated/α-hetero) is 1. The Morgan fingerprint density at radius 2 is 2.21 bits per heavy atom. The van der Waals surface area contributed by atoms with Crippen LogP contribution in [0.5, 0.6) is 0 Å². The van der Waals surface area contributed by atoms with Crippen LogP contribution in [0.4, 0.5) is 4.39 Å². The lowest BCUT2D eigenvalue weighted by molar-refractivity contribution is 0.0931. The number of methoxy groups -OCH3 is 1. The van der Waals surface area contributed by atoms with E-state index >= 15 is 0 Å². The van der Waals surface area contributed by atoms with Crippen LogP contribution in [0.25, 0.3) is 0 Å². The Morgan fingerprint density at radius 1 is 1.50 bits per heavy atom. The second-order valence-electron chi connectivity index (χ2n) is 3.13. The maximum Gasteiger partial charge on any atom is 0.165 e. The van der Waals surface area contributed by atoms with Gasteiger partial charge >= 0.3 is 0 Å². The third-order valence-corrected chi connectivity index (χ3v) is 2.03. The first-order valence-corrected chi connectivity index (χ1v) is 4.43. The summed E-state index contributed by atoms with van der Waals surface area (Å²) in [7, 11) is 1.53. The molecule has 0 aliphatic rings. The van der Waals surface area contributed by atoms with Crippen LogP contribution in [0.3, 0.4) is 0 Å². The van der Waals surface area contributed by atoms with Crippen LogP contribution in [0, 0.1) is 12.7 Å². The van der Waals surface area contributed by atoms with Crippen molar-refractivity contribution in [3.63, 3.8) is 0 Å². The van der Waals surface area contributed by atoms with Gasteiger partial charge < -0.3 is 4.74 Å². The van der Waals surface area contributed by atoms with Crippen LogP contribution in [0.1, 0.15) is 22.3 Å². The van der Waals surface area contributed by atoms with E-state index in [1.54, 1.807) is 13.0 Å². The minimum Gasteiger partial charge on any atom is -0.384 e. The van der Waals surface area contributed by atoms with Gasteiger partial charge in [-0.25, -0.2) is 4.39 Å². The van der Waals surface area contributed by atoms with Crippen molar-refractivity contribution in [2.45, 2.75) is 13.3 Å².